The Morgan fingerprint density at radius 1 is 0.933 bits per heavy atom. The van der Waals surface area contributed by atoms with E-state index < -0.39 is 9.05 Å². The van der Waals surface area contributed by atoms with Crippen LogP contribution in [0.1, 0.15) is 65.2 Å². The van der Waals surface area contributed by atoms with Crippen molar-refractivity contribution in [3.05, 3.63) is 0 Å². The van der Waals surface area contributed by atoms with E-state index in [1.54, 1.807) is 0 Å². The van der Waals surface area contributed by atoms with Gasteiger partial charge in [0.05, 0.1) is 5.25 Å². The second-order valence-corrected chi connectivity index (χ2v) is 7.00. The van der Waals surface area contributed by atoms with Crippen LogP contribution in [0.2, 0.25) is 0 Å². The van der Waals surface area contributed by atoms with Gasteiger partial charge in [0.15, 0.2) is 0 Å². The highest BCUT2D eigenvalue weighted by Crippen LogP contribution is 2.21. The van der Waals surface area contributed by atoms with E-state index in [4.69, 9.17) is 10.7 Å². The maximum absolute atomic E-state index is 11.3. The maximum Gasteiger partial charge on any atom is 0.235 e. The van der Waals surface area contributed by atoms with Crippen molar-refractivity contribution >= 4 is 19.7 Å². The molecule has 0 aromatic carbocycles. The van der Waals surface area contributed by atoms with Crippen LogP contribution in [0.5, 0.6) is 0 Å². The predicted octanol–water partition coefficient (Wildman–Crippen LogP) is 4.08. The summed E-state index contributed by atoms with van der Waals surface area (Å²) < 4.78 is 22.6. The van der Waals surface area contributed by atoms with Crippen LogP contribution < -0.4 is 0 Å². The van der Waals surface area contributed by atoms with Crippen LogP contribution in [0.15, 0.2) is 0 Å². The van der Waals surface area contributed by atoms with Crippen LogP contribution >= 0.6 is 10.7 Å². The molecule has 4 heteroatoms. The first-order valence-corrected chi connectivity index (χ1v) is 8.33. The molecule has 0 saturated heterocycles. The van der Waals surface area contributed by atoms with Gasteiger partial charge >= 0.3 is 0 Å². The third-order valence-corrected chi connectivity index (χ3v) is 4.68. The van der Waals surface area contributed by atoms with E-state index in [9.17, 15) is 8.42 Å². The SMILES string of the molecule is CCCCCC(CCCCC)S(=O)(=O)Cl. The summed E-state index contributed by atoms with van der Waals surface area (Å²) in [7, 11) is 2.08. The molecule has 0 aromatic heterocycles. The third-order valence-electron chi connectivity index (χ3n) is 2.66. The normalized spacial score (nSPS) is 12.3. The van der Waals surface area contributed by atoms with E-state index in [0.717, 1.165) is 51.4 Å². The molecule has 0 spiro atoms. The van der Waals surface area contributed by atoms with Crippen LogP contribution in [-0.4, -0.2) is 13.7 Å². The molecule has 92 valence electrons. The number of rotatable bonds is 9. The van der Waals surface area contributed by atoms with Crippen molar-refractivity contribution in [3.63, 3.8) is 0 Å². The smallest absolute Gasteiger partial charge is 0.212 e. The highest BCUT2D eigenvalue weighted by molar-refractivity contribution is 8.14. The van der Waals surface area contributed by atoms with Crippen LogP contribution in [0.25, 0.3) is 0 Å². The molecule has 0 heterocycles. The molecule has 0 bridgehead atoms. The van der Waals surface area contributed by atoms with E-state index in [2.05, 4.69) is 13.8 Å². The van der Waals surface area contributed by atoms with Crippen LogP contribution in [0, 0.1) is 0 Å². The largest absolute Gasteiger partial charge is 0.235 e. The topological polar surface area (TPSA) is 34.1 Å². The highest BCUT2D eigenvalue weighted by Gasteiger charge is 2.21. The lowest BCUT2D eigenvalue weighted by molar-refractivity contribution is 0.539. The van der Waals surface area contributed by atoms with Crippen molar-refractivity contribution < 1.29 is 8.42 Å². The summed E-state index contributed by atoms with van der Waals surface area (Å²) in [6, 6.07) is 0. The Hall–Kier alpha value is 0.240. The number of halogens is 1. The molecular formula is C11H23ClO2S. The first kappa shape index (κ1) is 15.2. The lowest BCUT2D eigenvalue weighted by Gasteiger charge is -2.12. The number of unbranched alkanes of at least 4 members (excludes halogenated alkanes) is 4. The summed E-state index contributed by atoms with van der Waals surface area (Å²) in [5.74, 6) is 0. The van der Waals surface area contributed by atoms with E-state index in [1.807, 2.05) is 0 Å². The predicted molar refractivity (Wildman–Crippen MR) is 66.8 cm³/mol. The Morgan fingerprint density at radius 3 is 1.60 bits per heavy atom. The molecule has 0 aromatic rings. The standard InChI is InChI=1S/C11H23ClO2S/c1-3-5-7-9-11(15(12,13)14)10-8-6-4-2/h11H,3-10H2,1-2H3. The molecule has 0 aliphatic heterocycles. The maximum atomic E-state index is 11.3. The summed E-state index contributed by atoms with van der Waals surface area (Å²) in [6.45, 7) is 4.22. The molecule has 0 radical (unpaired) electrons. The lowest BCUT2D eigenvalue weighted by Crippen LogP contribution is -2.16. The van der Waals surface area contributed by atoms with Gasteiger partial charge in [-0.3, -0.25) is 0 Å². The number of hydrogen-bond donors (Lipinski definition) is 0. The zero-order valence-corrected chi connectivity index (χ0v) is 11.4. The van der Waals surface area contributed by atoms with Gasteiger partial charge in [0.2, 0.25) is 9.05 Å². The van der Waals surface area contributed by atoms with Gasteiger partial charge in [-0.05, 0) is 12.8 Å². The molecule has 0 unspecified atom stereocenters. The van der Waals surface area contributed by atoms with E-state index in [1.165, 1.54) is 0 Å². The van der Waals surface area contributed by atoms with Crippen molar-refractivity contribution in [2.45, 2.75) is 70.5 Å². The average Bonchev–Trinajstić information content (AvgIpc) is 2.14. The summed E-state index contributed by atoms with van der Waals surface area (Å²) in [5.41, 5.74) is 0. The fourth-order valence-electron chi connectivity index (χ4n) is 1.67. The summed E-state index contributed by atoms with van der Waals surface area (Å²) >= 11 is 0. The third kappa shape index (κ3) is 8.09. The van der Waals surface area contributed by atoms with Gasteiger partial charge in [0.25, 0.3) is 0 Å². The van der Waals surface area contributed by atoms with Crippen LogP contribution in [0.4, 0.5) is 0 Å². The Bertz CT molecular complexity index is 227. The van der Waals surface area contributed by atoms with Crippen LogP contribution in [0.3, 0.4) is 0 Å². The molecule has 0 rings (SSSR count). The Balaban J connectivity index is 3.97. The zero-order valence-electron chi connectivity index (χ0n) is 9.84. The molecule has 0 N–H and O–H groups in total. The fraction of sp³-hybridized carbons (Fsp3) is 1.00. The summed E-state index contributed by atoms with van der Waals surface area (Å²) in [6.07, 6.45) is 7.81. The number of hydrogen-bond acceptors (Lipinski definition) is 2. The van der Waals surface area contributed by atoms with Gasteiger partial charge in [-0.25, -0.2) is 8.42 Å². The molecule has 0 amide bonds. The summed E-state index contributed by atoms with van der Waals surface area (Å²) in [5, 5.41) is -0.322. The first-order chi connectivity index (χ1) is 7.02. The average molecular weight is 255 g/mol. The van der Waals surface area contributed by atoms with Crippen molar-refractivity contribution in [1.29, 1.82) is 0 Å². The Morgan fingerprint density at radius 2 is 1.33 bits per heavy atom. The minimum absolute atomic E-state index is 0.322. The molecular weight excluding hydrogens is 232 g/mol. The van der Waals surface area contributed by atoms with Gasteiger partial charge < -0.3 is 0 Å². The van der Waals surface area contributed by atoms with Crippen molar-refractivity contribution in [3.8, 4) is 0 Å². The minimum Gasteiger partial charge on any atom is -0.212 e. The van der Waals surface area contributed by atoms with Crippen LogP contribution in [-0.2, 0) is 9.05 Å². The van der Waals surface area contributed by atoms with E-state index >= 15 is 0 Å². The molecule has 0 aliphatic rings. The molecule has 0 atom stereocenters. The van der Waals surface area contributed by atoms with Gasteiger partial charge in [0.1, 0.15) is 0 Å². The molecule has 0 fully saturated rings. The van der Waals surface area contributed by atoms with Gasteiger partial charge in [0, 0.05) is 10.7 Å². The van der Waals surface area contributed by atoms with Gasteiger partial charge in [-0.15, -0.1) is 0 Å². The first-order valence-electron chi connectivity index (χ1n) is 5.95. The highest BCUT2D eigenvalue weighted by atomic mass is 35.7. The Labute approximate surface area is 98.8 Å². The van der Waals surface area contributed by atoms with Crippen molar-refractivity contribution in [1.82, 2.24) is 0 Å². The van der Waals surface area contributed by atoms with Gasteiger partial charge in [-0.2, -0.15) is 0 Å². The monoisotopic (exact) mass is 254 g/mol. The molecule has 15 heavy (non-hydrogen) atoms. The van der Waals surface area contributed by atoms with Crippen molar-refractivity contribution in [2.24, 2.45) is 0 Å². The molecule has 0 saturated carbocycles. The molecule has 2 nitrogen and oxygen atoms in total. The Kier molecular flexibility index (Phi) is 8.53. The van der Waals surface area contributed by atoms with E-state index in [-0.39, 0.29) is 5.25 Å². The summed E-state index contributed by atoms with van der Waals surface area (Å²) in [4.78, 5) is 0. The molecule has 0 aliphatic carbocycles. The zero-order chi connectivity index (χ0) is 11.7. The van der Waals surface area contributed by atoms with Gasteiger partial charge in [-0.1, -0.05) is 52.4 Å². The second kappa shape index (κ2) is 8.40. The second-order valence-electron chi connectivity index (χ2n) is 4.09. The fourth-order valence-corrected chi connectivity index (χ4v) is 3.10. The minimum atomic E-state index is -3.35. The van der Waals surface area contributed by atoms with E-state index in [0.29, 0.717) is 0 Å². The lowest BCUT2D eigenvalue weighted by atomic mass is 10.1. The quantitative estimate of drug-likeness (QED) is 0.459. The van der Waals surface area contributed by atoms with Crippen molar-refractivity contribution in [2.75, 3.05) is 0 Å².